The topological polar surface area (TPSA) is 13.0 Å². The average Bonchev–Trinajstić information content (AvgIpc) is 3.27. The molecule has 0 amide bonds. The number of hydrogen-bond acceptors (Lipinski definition) is 4. The Balaban J connectivity index is 0.000000406. The molecule has 59 heavy (non-hydrogen) atoms. The van der Waals surface area contributed by atoms with Gasteiger partial charge < -0.3 is 14.7 Å². The maximum absolute atomic E-state index is 2.40. The molecule has 3 aliphatic heterocycles. The number of hydrogen-bond donors (Lipinski definition) is 0. The molecule has 0 spiro atoms. The summed E-state index contributed by atoms with van der Waals surface area (Å²) in [5.74, 6) is 0. The molecule has 0 saturated heterocycles. The smallest absolute Gasteiger partial charge is 0.0751 e. The van der Waals surface area contributed by atoms with Crippen molar-refractivity contribution in [2.45, 2.75) is 96.9 Å². The zero-order valence-electron chi connectivity index (χ0n) is 35.9. The molecule has 4 nitrogen and oxygen atoms in total. The molecule has 318 valence electrons. The maximum atomic E-state index is 2.40. The van der Waals surface area contributed by atoms with Gasteiger partial charge >= 0.3 is 0 Å². The molecule has 3 heterocycles. The van der Waals surface area contributed by atoms with Crippen LogP contribution in [-0.2, 0) is 19.3 Å². The lowest BCUT2D eigenvalue weighted by molar-refractivity contribution is 0.417. The molecule has 0 aromatic heterocycles. The van der Waals surface area contributed by atoms with Crippen LogP contribution in [0.1, 0.15) is 111 Å². The minimum absolute atomic E-state index is 0. The van der Waals surface area contributed by atoms with Crippen LogP contribution in [0.25, 0.3) is 0 Å². The molecule has 4 heteroatoms. The largest absolute Gasteiger partial charge is 0.341 e. The van der Waals surface area contributed by atoms with E-state index < -0.39 is 0 Å². The second-order valence-electron chi connectivity index (χ2n) is 13.4. The van der Waals surface area contributed by atoms with E-state index in [0.29, 0.717) is 0 Å². The van der Waals surface area contributed by atoms with Crippen molar-refractivity contribution in [3.63, 3.8) is 0 Å². The lowest BCUT2D eigenvalue weighted by Gasteiger charge is -2.35. The summed E-state index contributed by atoms with van der Waals surface area (Å²) in [5.41, 5.74) is 16.7. The molecule has 6 aromatic carbocycles. The van der Waals surface area contributed by atoms with Crippen molar-refractivity contribution in [2.75, 3.05) is 48.6 Å². The van der Waals surface area contributed by atoms with Gasteiger partial charge in [0.15, 0.2) is 0 Å². The van der Waals surface area contributed by atoms with Crippen LogP contribution < -0.4 is 14.7 Å². The van der Waals surface area contributed by atoms with Crippen LogP contribution >= 0.6 is 0 Å². The summed E-state index contributed by atoms with van der Waals surface area (Å²) >= 11 is 0. The van der Waals surface area contributed by atoms with Crippen LogP contribution in [0.15, 0.2) is 146 Å². The first kappa shape index (κ1) is 51.7. The molecule has 6 aromatic rings. The molecule has 0 radical (unpaired) electrons. The first-order chi connectivity index (χ1) is 27.6. The third-order valence-corrected chi connectivity index (χ3v) is 9.89. The summed E-state index contributed by atoms with van der Waals surface area (Å²) in [7, 11) is 4.22. The van der Waals surface area contributed by atoms with Crippen molar-refractivity contribution in [1.29, 1.82) is 0 Å². The van der Waals surface area contributed by atoms with Gasteiger partial charge in [-0.25, -0.2) is 0 Å². The lowest BCUT2D eigenvalue weighted by atomic mass is 9.96. The van der Waals surface area contributed by atoms with Crippen molar-refractivity contribution >= 4 is 34.1 Å². The zero-order chi connectivity index (χ0) is 40.5. The van der Waals surface area contributed by atoms with Gasteiger partial charge in [0.1, 0.15) is 0 Å². The third kappa shape index (κ3) is 12.3. The van der Waals surface area contributed by atoms with E-state index in [9.17, 15) is 0 Å². The van der Waals surface area contributed by atoms with Crippen LogP contribution in [-0.4, -0.2) is 38.8 Å². The van der Waals surface area contributed by atoms with Gasteiger partial charge in [0.25, 0.3) is 0 Å². The first-order valence-corrected chi connectivity index (χ1v) is 21.0. The number of benzene rings is 6. The van der Waals surface area contributed by atoms with Crippen molar-refractivity contribution in [3.05, 3.63) is 179 Å². The van der Waals surface area contributed by atoms with E-state index in [2.05, 4.69) is 193 Å². The molecule has 0 saturated carbocycles. The molecule has 0 aliphatic carbocycles. The van der Waals surface area contributed by atoms with Crippen LogP contribution in [0.5, 0.6) is 0 Å². The Morgan fingerprint density at radius 3 is 0.712 bits per heavy atom. The van der Waals surface area contributed by atoms with Gasteiger partial charge in [-0.2, -0.15) is 0 Å². The van der Waals surface area contributed by atoms with Crippen LogP contribution in [0.3, 0.4) is 0 Å². The number of fused-ring (bicyclic) bond motifs is 6. The van der Waals surface area contributed by atoms with Gasteiger partial charge in [-0.1, -0.05) is 173 Å². The van der Waals surface area contributed by atoms with Crippen molar-refractivity contribution in [1.82, 2.24) is 4.90 Å². The number of rotatable bonds is 4. The van der Waals surface area contributed by atoms with E-state index in [-0.39, 0.29) is 22.3 Å². The highest BCUT2D eigenvalue weighted by Gasteiger charge is 2.23. The van der Waals surface area contributed by atoms with Crippen LogP contribution in [0.2, 0.25) is 0 Å². The fraction of sp³-hybridized carbons (Fsp3) is 0.345. The van der Waals surface area contributed by atoms with Crippen molar-refractivity contribution in [3.8, 4) is 0 Å². The average molecular weight is 795 g/mol. The third-order valence-electron chi connectivity index (χ3n) is 9.89. The molecular formula is C55H78N4. The molecule has 0 bridgehead atoms. The molecular weight excluding hydrogens is 717 g/mol. The number of anilines is 6. The Kier molecular flexibility index (Phi) is 23.3. The van der Waals surface area contributed by atoms with E-state index in [1.807, 2.05) is 41.5 Å². The van der Waals surface area contributed by atoms with E-state index in [1.165, 1.54) is 67.5 Å². The highest BCUT2D eigenvalue weighted by Crippen LogP contribution is 2.40. The standard InChI is InChI=1S/C16H18N2.2C15H15N.3C2H6.3CH4/c1-17(2)12-18-15-9-5-3-7-13(15)11-14-8-4-6-10-16(14)18;2*1-2-16-14-9-5-3-7-12(14)11-13-8-4-6-10-15(13)16;3*1-2;;;/h3-10H,11-12H2,1-2H3;2*3-10H,2,11H2,1H3;3*1-2H3;3*1H4. The minimum Gasteiger partial charge on any atom is -0.341 e. The summed E-state index contributed by atoms with van der Waals surface area (Å²) in [6.45, 7) is 19.4. The van der Waals surface area contributed by atoms with Gasteiger partial charge in [-0.3, -0.25) is 4.90 Å². The van der Waals surface area contributed by atoms with Gasteiger partial charge in [0, 0.05) is 66.5 Å². The molecule has 0 unspecified atom stereocenters. The predicted octanol–water partition coefficient (Wildman–Crippen LogP) is 15.7. The van der Waals surface area contributed by atoms with Crippen molar-refractivity contribution < 1.29 is 0 Å². The van der Waals surface area contributed by atoms with E-state index in [0.717, 1.165) is 39.0 Å². The SMILES string of the molecule is C.C.C.CC.CC.CC.CCN1c2ccccc2Cc2ccccc21.CCN1c2ccccc2Cc2ccccc21.CN(C)CN1c2ccccc2Cc2ccccc21. The van der Waals surface area contributed by atoms with Gasteiger partial charge in [0.2, 0.25) is 0 Å². The molecule has 9 rings (SSSR count). The quantitative estimate of drug-likeness (QED) is 0.176. The summed E-state index contributed by atoms with van der Waals surface area (Å²) in [6, 6.07) is 52.2. The summed E-state index contributed by atoms with van der Waals surface area (Å²) in [6.07, 6.45) is 3.15. The Labute approximate surface area is 362 Å². The summed E-state index contributed by atoms with van der Waals surface area (Å²) in [4.78, 5) is 9.40. The Morgan fingerprint density at radius 1 is 0.339 bits per heavy atom. The van der Waals surface area contributed by atoms with Crippen LogP contribution in [0.4, 0.5) is 34.1 Å². The second kappa shape index (κ2) is 26.6. The molecule has 3 aliphatic rings. The maximum Gasteiger partial charge on any atom is 0.0751 e. The van der Waals surface area contributed by atoms with Crippen molar-refractivity contribution in [2.24, 2.45) is 0 Å². The highest BCUT2D eigenvalue weighted by atomic mass is 15.3. The highest BCUT2D eigenvalue weighted by molar-refractivity contribution is 5.76. The summed E-state index contributed by atoms with van der Waals surface area (Å²) in [5, 5.41) is 0. The monoisotopic (exact) mass is 795 g/mol. The fourth-order valence-corrected chi connectivity index (χ4v) is 7.66. The Hall–Kier alpha value is -5.32. The van der Waals surface area contributed by atoms with Gasteiger partial charge in [-0.15, -0.1) is 0 Å². The normalized spacial score (nSPS) is 11.5. The van der Waals surface area contributed by atoms with E-state index >= 15 is 0 Å². The Bertz CT molecular complexity index is 1830. The molecule has 0 fully saturated rings. The van der Waals surface area contributed by atoms with Crippen LogP contribution in [0, 0.1) is 0 Å². The summed E-state index contributed by atoms with van der Waals surface area (Å²) < 4.78 is 0. The number of para-hydroxylation sites is 6. The Morgan fingerprint density at radius 2 is 0.525 bits per heavy atom. The van der Waals surface area contributed by atoms with E-state index in [4.69, 9.17) is 0 Å². The first-order valence-electron chi connectivity index (χ1n) is 21.0. The zero-order valence-corrected chi connectivity index (χ0v) is 35.9. The second-order valence-corrected chi connectivity index (χ2v) is 13.4. The minimum atomic E-state index is 0. The lowest BCUT2D eigenvalue weighted by Crippen LogP contribution is -2.32. The van der Waals surface area contributed by atoms with E-state index in [1.54, 1.807) is 0 Å². The predicted molar refractivity (Wildman–Crippen MR) is 267 cm³/mol. The molecule has 0 N–H and O–H groups in total. The number of nitrogens with zero attached hydrogens (tertiary/aromatic N) is 4. The van der Waals surface area contributed by atoms with Gasteiger partial charge in [-0.05, 0) is 97.7 Å². The fourth-order valence-electron chi connectivity index (χ4n) is 7.66. The van der Waals surface area contributed by atoms with Gasteiger partial charge in [0.05, 0.1) is 6.67 Å². The molecule has 0 atom stereocenters.